The van der Waals surface area contributed by atoms with Crippen LogP contribution in [0.1, 0.15) is 62.0 Å². The molecule has 5 aromatic rings. The van der Waals surface area contributed by atoms with Gasteiger partial charge in [-0.15, -0.1) is 5.10 Å². The molecule has 2 aromatic carbocycles. The lowest BCUT2D eigenvalue weighted by molar-refractivity contribution is -0.182. The van der Waals surface area contributed by atoms with Crippen LogP contribution < -0.4 is 10.6 Å². The summed E-state index contributed by atoms with van der Waals surface area (Å²) in [4.78, 5) is 8.89. The van der Waals surface area contributed by atoms with E-state index in [0.29, 0.717) is 45.1 Å². The van der Waals surface area contributed by atoms with Gasteiger partial charge >= 0.3 is 6.18 Å². The van der Waals surface area contributed by atoms with Crippen molar-refractivity contribution in [2.75, 3.05) is 17.2 Å². The quantitative estimate of drug-likeness (QED) is 0.175. The summed E-state index contributed by atoms with van der Waals surface area (Å²) in [5, 5.41) is 26.1. The maximum absolute atomic E-state index is 14.1. The molecule has 236 valence electrons. The van der Waals surface area contributed by atoms with Gasteiger partial charge in [-0.2, -0.15) is 18.4 Å². The largest absolute Gasteiger partial charge is 0.413 e. The highest BCUT2D eigenvalue weighted by Crippen LogP contribution is 2.55. The van der Waals surface area contributed by atoms with E-state index < -0.39 is 17.8 Å². The Morgan fingerprint density at radius 3 is 2.54 bits per heavy atom. The maximum Gasteiger partial charge on any atom is 0.413 e. The average molecular weight is 645 g/mol. The van der Waals surface area contributed by atoms with E-state index in [-0.39, 0.29) is 18.3 Å². The standard InChI is InChI=1S/C34H32ClF3N8/c1-20-24(21-7-6-12-40-16-21)8-5-9-25(20)31(28-18-46(45-44-28)33(10-11-33)34(36,37)38)43-27-14-23(35)13-26-29(42-19-32(2,3)4)22(15-39)17-41-30(26)27/h5-9,12-14,16-18,31,43H,10-11,19H2,1-4H3,(H,41,42)/t31-/m0/s1. The number of rotatable bonds is 8. The Labute approximate surface area is 269 Å². The fourth-order valence-corrected chi connectivity index (χ4v) is 5.87. The number of pyridine rings is 2. The fourth-order valence-electron chi connectivity index (χ4n) is 5.65. The first kappa shape index (κ1) is 31.3. The molecular formula is C34H32ClF3N8. The first-order valence-corrected chi connectivity index (χ1v) is 15.2. The lowest BCUT2D eigenvalue weighted by atomic mass is 9.92. The highest BCUT2D eigenvalue weighted by Gasteiger charge is 2.66. The molecule has 0 radical (unpaired) electrons. The van der Waals surface area contributed by atoms with Crippen molar-refractivity contribution in [3.8, 4) is 17.2 Å². The molecule has 3 aromatic heterocycles. The molecule has 0 unspecified atom stereocenters. The zero-order valence-corrected chi connectivity index (χ0v) is 26.5. The molecule has 0 spiro atoms. The van der Waals surface area contributed by atoms with Crippen LogP contribution in [0.5, 0.6) is 0 Å². The van der Waals surface area contributed by atoms with Gasteiger partial charge in [0.25, 0.3) is 0 Å². The molecule has 6 rings (SSSR count). The minimum absolute atomic E-state index is 0.0542. The van der Waals surface area contributed by atoms with E-state index in [4.69, 9.17) is 11.6 Å². The number of anilines is 2. The Morgan fingerprint density at radius 2 is 1.89 bits per heavy atom. The van der Waals surface area contributed by atoms with E-state index in [1.807, 2.05) is 37.3 Å². The van der Waals surface area contributed by atoms with E-state index in [0.717, 1.165) is 26.9 Å². The second kappa shape index (κ2) is 11.6. The molecule has 46 heavy (non-hydrogen) atoms. The number of hydrogen-bond acceptors (Lipinski definition) is 7. The van der Waals surface area contributed by atoms with Gasteiger partial charge in [0.05, 0.1) is 34.7 Å². The number of nitrogens with one attached hydrogen (secondary N) is 2. The van der Waals surface area contributed by atoms with Crippen molar-refractivity contribution >= 4 is 33.9 Å². The highest BCUT2D eigenvalue weighted by atomic mass is 35.5. The van der Waals surface area contributed by atoms with Gasteiger partial charge in [0, 0.05) is 41.1 Å². The number of alkyl halides is 3. The van der Waals surface area contributed by atoms with Crippen LogP contribution in [0.2, 0.25) is 5.02 Å². The summed E-state index contributed by atoms with van der Waals surface area (Å²) in [6.45, 7) is 8.79. The summed E-state index contributed by atoms with van der Waals surface area (Å²) in [5.41, 5.74) is 3.67. The molecule has 12 heteroatoms. The number of fused-ring (bicyclic) bond motifs is 1. The van der Waals surface area contributed by atoms with Crippen LogP contribution in [-0.2, 0) is 5.54 Å². The third-order valence-corrected chi connectivity index (χ3v) is 8.53. The molecular weight excluding hydrogens is 613 g/mol. The SMILES string of the molecule is Cc1c(-c2cccnc2)cccc1[C@H](Nc1cc(Cl)cc2c(NCC(C)(C)C)c(C#N)cnc12)c1cn(C2(C(F)(F)F)CC2)nn1. The van der Waals surface area contributed by atoms with Gasteiger partial charge in [0.2, 0.25) is 0 Å². The zero-order chi connectivity index (χ0) is 32.9. The summed E-state index contributed by atoms with van der Waals surface area (Å²) < 4.78 is 43.1. The molecule has 1 atom stereocenters. The first-order valence-electron chi connectivity index (χ1n) is 14.8. The normalized spacial score (nSPS) is 14.9. The van der Waals surface area contributed by atoms with Crippen molar-refractivity contribution in [2.45, 2.75) is 58.3 Å². The van der Waals surface area contributed by atoms with Crippen molar-refractivity contribution < 1.29 is 13.2 Å². The van der Waals surface area contributed by atoms with Gasteiger partial charge < -0.3 is 10.6 Å². The van der Waals surface area contributed by atoms with Gasteiger partial charge in [-0.25, -0.2) is 4.68 Å². The average Bonchev–Trinajstić information content (AvgIpc) is 3.70. The van der Waals surface area contributed by atoms with E-state index in [1.54, 1.807) is 24.5 Å². The molecule has 1 aliphatic rings. The van der Waals surface area contributed by atoms with Crippen LogP contribution in [0.3, 0.4) is 0 Å². The Morgan fingerprint density at radius 1 is 1.11 bits per heavy atom. The monoisotopic (exact) mass is 644 g/mol. The molecule has 1 aliphatic carbocycles. The van der Waals surface area contributed by atoms with Crippen molar-refractivity contribution in [2.24, 2.45) is 5.41 Å². The van der Waals surface area contributed by atoms with Gasteiger partial charge in [-0.05, 0) is 60.1 Å². The van der Waals surface area contributed by atoms with Gasteiger partial charge in [0.1, 0.15) is 11.8 Å². The maximum atomic E-state index is 14.1. The third kappa shape index (κ3) is 5.85. The Balaban J connectivity index is 1.51. The topological polar surface area (TPSA) is 104 Å². The van der Waals surface area contributed by atoms with Crippen LogP contribution in [0, 0.1) is 23.7 Å². The number of nitriles is 1. The van der Waals surface area contributed by atoms with Crippen LogP contribution in [0.4, 0.5) is 24.5 Å². The first-order chi connectivity index (χ1) is 21.8. The van der Waals surface area contributed by atoms with E-state index in [9.17, 15) is 18.4 Å². The molecule has 0 amide bonds. The molecule has 0 aliphatic heterocycles. The zero-order valence-electron chi connectivity index (χ0n) is 25.7. The van der Waals surface area contributed by atoms with Gasteiger partial charge in [-0.3, -0.25) is 9.97 Å². The second-order valence-electron chi connectivity index (χ2n) is 12.9. The predicted octanol–water partition coefficient (Wildman–Crippen LogP) is 8.43. The summed E-state index contributed by atoms with van der Waals surface area (Å²) in [7, 11) is 0. The molecule has 3 heterocycles. The summed E-state index contributed by atoms with van der Waals surface area (Å²) in [6.07, 6.45) is 1.77. The summed E-state index contributed by atoms with van der Waals surface area (Å²) in [5.74, 6) is 0. The molecule has 0 saturated heterocycles. The molecule has 0 bridgehead atoms. The van der Waals surface area contributed by atoms with Crippen molar-refractivity contribution in [1.82, 2.24) is 25.0 Å². The Kier molecular flexibility index (Phi) is 7.89. The van der Waals surface area contributed by atoms with Gasteiger partial charge in [0.15, 0.2) is 5.54 Å². The van der Waals surface area contributed by atoms with E-state index >= 15 is 0 Å². The second-order valence-corrected chi connectivity index (χ2v) is 13.3. The number of benzene rings is 2. The smallest absolute Gasteiger partial charge is 0.383 e. The van der Waals surface area contributed by atoms with Crippen LogP contribution in [0.15, 0.2) is 67.3 Å². The number of aromatic nitrogens is 5. The summed E-state index contributed by atoms with van der Waals surface area (Å²) >= 11 is 6.67. The number of halogens is 4. The number of nitrogens with zero attached hydrogens (tertiary/aromatic N) is 6. The van der Waals surface area contributed by atoms with E-state index in [1.165, 1.54) is 12.4 Å². The Bertz CT molecular complexity index is 1950. The van der Waals surface area contributed by atoms with Crippen LogP contribution >= 0.6 is 11.6 Å². The van der Waals surface area contributed by atoms with E-state index in [2.05, 4.69) is 57.8 Å². The van der Waals surface area contributed by atoms with Crippen molar-refractivity contribution in [3.05, 3.63) is 94.7 Å². The molecule has 2 N–H and O–H groups in total. The molecule has 8 nitrogen and oxygen atoms in total. The minimum Gasteiger partial charge on any atom is -0.383 e. The lowest BCUT2D eigenvalue weighted by Crippen LogP contribution is -2.35. The van der Waals surface area contributed by atoms with Crippen molar-refractivity contribution in [3.63, 3.8) is 0 Å². The fraction of sp³-hybridized carbons (Fsp3) is 0.324. The van der Waals surface area contributed by atoms with Crippen molar-refractivity contribution in [1.29, 1.82) is 5.26 Å². The lowest BCUT2D eigenvalue weighted by Gasteiger charge is -2.24. The summed E-state index contributed by atoms with van der Waals surface area (Å²) in [6, 6.07) is 14.5. The van der Waals surface area contributed by atoms with Gasteiger partial charge in [-0.1, -0.05) is 61.9 Å². The number of hydrogen-bond donors (Lipinski definition) is 2. The predicted molar refractivity (Wildman–Crippen MR) is 173 cm³/mol. The molecule has 1 saturated carbocycles. The van der Waals surface area contributed by atoms with Crippen LogP contribution in [-0.4, -0.2) is 37.7 Å². The highest BCUT2D eigenvalue weighted by molar-refractivity contribution is 6.32. The Hall–Kier alpha value is -4.69. The third-order valence-electron chi connectivity index (χ3n) is 8.31. The van der Waals surface area contributed by atoms with Crippen LogP contribution in [0.25, 0.3) is 22.0 Å². The minimum atomic E-state index is -4.46. The molecule has 1 fully saturated rings.